The highest BCUT2D eigenvalue weighted by molar-refractivity contribution is 9.10. The van der Waals surface area contributed by atoms with E-state index in [-0.39, 0.29) is 12.5 Å². The lowest BCUT2D eigenvalue weighted by molar-refractivity contribution is -0.118. The number of carbonyl (C=O) groups excluding carboxylic acids is 1. The van der Waals surface area contributed by atoms with Crippen LogP contribution in [-0.2, 0) is 4.79 Å². The molecule has 1 amide bonds. The van der Waals surface area contributed by atoms with Crippen LogP contribution in [0, 0.1) is 6.92 Å². The first kappa shape index (κ1) is 13.0. The summed E-state index contributed by atoms with van der Waals surface area (Å²) in [5, 5.41) is 5.15. The Morgan fingerprint density at radius 3 is 2.94 bits per heavy atom. The summed E-state index contributed by atoms with van der Waals surface area (Å²) in [7, 11) is 0. The van der Waals surface area contributed by atoms with E-state index in [0.717, 1.165) is 10.2 Å². The number of carbonyl (C=O) groups is 1. The quantitative estimate of drug-likeness (QED) is 0.938. The van der Waals surface area contributed by atoms with Crippen molar-refractivity contribution in [1.82, 2.24) is 4.98 Å². The van der Waals surface area contributed by atoms with Gasteiger partial charge in [0.1, 0.15) is 5.75 Å². The number of anilines is 1. The predicted molar refractivity (Wildman–Crippen MR) is 75.1 cm³/mol. The topological polar surface area (TPSA) is 51.2 Å². The third-order valence-electron chi connectivity index (χ3n) is 2.06. The average Bonchev–Trinajstić information content (AvgIpc) is 2.74. The molecule has 0 fully saturated rings. The first-order valence-electron chi connectivity index (χ1n) is 5.24. The number of ether oxygens (including phenoxy) is 1. The Balaban J connectivity index is 1.87. The van der Waals surface area contributed by atoms with Crippen LogP contribution in [0.5, 0.6) is 5.75 Å². The Bertz CT molecular complexity index is 557. The first-order valence-corrected chi connectivity index (χ1v) is 6.92. The van der Waals surface area contributed by atoms with E-state index in [1.54, 1.807) is 6.07 Å². The largest absolute Gasteiger partial charge is 0.483 e. The van der Waals surface area contributed by atoms with E-state index in [1.165, 1.54) is 11.3 Å². The molecule has 0 unspecified atom stereocenters. The Labute approximate surface area is 117 Å². The van der Waals surface area contributed by atoms with Crippen LogP contribution in [-0.4, -0.2) is 17.5 Å². The van der Waals surface area contributed by atoms with Gasteiger partial charge in [0.15, 0.2) is 11.7 Å². The molecule has 0 saturated heterocycles. The van der Waals surface area contributed by atoms with Gasteiger partial charge in [0.25, 0.3) is 5.91 Å². The van der Waals surface area contributed by atoms with Crippen LogP contribution in [0.25, 0.3) is 0 Å². The summed E-state index contributed by atoms with van der Waals surface area (Å²) in [5.41, 5.74) is 0.891. The number of hydrogen-bond acceptors (Lipinski definition) is 4. The molecule has 0 bridgehead atoms. The summed E-state index contributed by atoms with van der Waals surface area (Å²) < 4.78 is 6.22. The fourth-order valence-electron chi connectivity index (χ4n) is 1.27. The van der Waals surface area contributed by atoms with Crippen LogP contribution in [0.4, 0.5) is 5.13 Å². The van der Waals surface area contributed by atoms with Gasteiger partial charge in [-0.05, 0) is 35.0 Å². The number of rotatable bonds is 4. The molecule has 0 spiro atoms. The molecule has 1 aromatic heterocycles. The van der Waals surface area contributed by atoms with Gasteiger partial charge in [-0.15, -0.1) is 11.3 Å². The first-order chi connectivity index (χ1) is 8.65. The van der Waals surface area contributed by atoms with E-state index in [1.807, 2.05) is 30.5 Å². The number of halogens is 1. The summed E-state index contributed by atoms with van der Waals surface area (Å²) in [4.78, 5) is 15.8. The molecule has 94 valence electrons. The van der Waals surface area contributed by atoms with E-state index in [9.17, 15) is 4.79 Å². The van der Waals surface area contributed by atoms with Crippen molar-refractivity contribution in [2.45, 2.75) is 6.92 Å². The summed E-state index contributed by atoms with van der Waals surface area (Å²) in [6.45, 7) is 1.84. The third-order valence-corrected chi connectivity index (χ3v) is 3.59. The van der Waals surface area contributed by atoms with Crippen molar-refractivity contribution in [1.29, 1.82) is 0 Å². The molecular formula is C12H11BrN2O2S. The molecule has 1 N–H and O–H groups in total. The smallest absolute Gasteiger partial charge is 0.264 e. The Hall–Kier alpha value is -1.40. The highest BCUT2D eigenvalue weighted by Gasteiger charge is 2.07. The molecule has 1 heterocycles. The van der Waals surface area contributed by atoms with Gasteiger partial charge in [-0.2, -0.15) is 0 Å². The van der Waals surface area contributed by atoms with Crippen LogP contribution in [0.1, 0.15) is 5.69 Å². The van der Waals surface area contributed by atoms with Crippen molar-refractivity contribution in [2.24, 2.45) is 0 Å². The predicted octanol–water partition coefficient (Wildman–Crippen LogP) is 3.23. The molecule has 6 heteroatoms. The van der Waals surface area contributed by atoms with Gasteiger partial charge in [-0.25, -0.2) is 4.98 Å². The molecule has 2 aromatic rings. The minimum Gasteiger partial charge on any atom is -0.483 e. The summed E-state index contributed by atoms with van der Waals surface area (Å²) in [5.74, 6) is 0.420. The van der Waals surface area contributed by atoms with Crippen molar-refractivity contribution in [3.8, 4) is 5.75 Å². The van der Waals surface area contributed by atoms with Crippen molar-refractivity contribution >= 4 is 38.3 Å². The Morgan fingerprint density at radius 1 is 1.50 bits per heavy atom. The number of hydrogen-bond donors (Lipinski definition) is 1. The summed E-state index contributed by atoms with van der Waals surface area (Å²) in [6, 6.07) is 7.39. The molecule has 0 aliphatic rings. The molecule has 4 nitrogen and oxygen atoms in total. The Morgan fingerprint density at radius 2 is 2.28 bits per heavy atom. The van der Waals surface area contributed by atoms with Crippen LogP contribution in [0.2, 0.25) is 0 Å². The van der Waals surface area contributed by atoms with Crippen molar-refractivity contribution < 1.29 is 9.53 Å². The van der Waals surface area contributed by atoms with E-state index >= 15 is 0 Å². The number of nitrogens with zero attached hydrogens (tertiary/aromatic N) is 1. The second-order valence-corrected chi connectivity index (χ2v) is 5.27. The van der Waals surface area contributed by atoms with Gasteiger partial charge >= 0.3 is 0 Å². The number of benzene rings is 1. The second-order valence-electron chi connectivity index (χ2n) is 3.56. The number of thiazole rings is 1. The van der Waals surface area contributed by atoms with Crippen LogP contribution >= 0.6 is 27.3 Å². The number of nitrogens with one attached hydrogen (secondary N) is 1. The third kappa shape index (κ3) is 3.54. The zero-order valence-electron chi connectivity index (χ0n) is 9.64. The van der Waals surface area contributed by atoms with Crippen LogP contribution in [0.3, 0.4) is 0 Å². The Kier molecular flexibility index (Phi) is 4.33. The standard InChI is InChI=1S/C12H11BrN2O2S/c1-8-7-18-12(14-8)15-11(16)6-17-10-5-3-2-4-9(10)13/h2-5,7H,6H2,1H3,(H,14,15,16). The lowest BCUT2D eigenvalue weighted by atomic mass is 10.3. The fourth-order valence-corrected chi connectivity index (χ4v) is 2.38. The second kappa shape index (κ2) is 5.97. The molecule has 0 saturated carbocycles. The van der Waals surface area contributed by atoms with E-state index in [4.69, 9.17) is 4.74 Å². The lowest BCUT2D eigenvalue weighted by Crippen LogP contribution is -2.20. The SMILES string of the molecule is Cc1csc(NC(=O)COc2ccccc2Br)n1. The summed E-state index contributed by atoms with van der Waals surface area (Å²) >= 11 is 4.74. The van der Waals surface area contributed by atoms with E-state index < -0.39 is 0 Å². The zero-order valence-corrected chi connectivity index (χ0v) is 12.0. The highest BCUT2D eigenvalue weighted by atomic mass is 79.9. The van der Waals surface area contributed by atoms with Gasteiger partial charge in [-0.1, -0.05) is 12.1 Å². The molecule has 2 rings (SSSR count). The number of aryl methyl sites for hydroxylation is 1. The van der Waals surface area contributed by atoms with Gasteiger partial charge in [0.2, 0.25) is 0 Å². The van der Waals surface area contributed by atoms with Crippen LogP contribution < -0.4 is 10.1 Å². The molecule has 0 radical (unpaired) electrons. The monoisotopic (exact) mass is 326 g/mol. The molecule has 0 aliphatic carbocycles. The van der Waals surface area contributed by atoms with E-state index in [2.05, 4.69) is 26.2 Å². The maximum atomic E-state index is 11.6. The number of para-hydroxylation sites is 1. The number of aromatic nitrogens is 1. The van der Waals surface area contributed by atoms with Crippen molar-refractivity contribution in [2.75, 3.05) is 11.9 Å². The molecule has 18 heavy (non-hydrogen) atoms. The average molecular weight is 327 g/mol. The van der Waals surface area contributed by atoms with Gasteiger partial charge in [0, 0.05) is 5.38 Å². The van der Waals surface area contributed by atoms with Gasteiger partial charge in [0.05, 0.1) is 10.2 Å². The fraction of sp³-hybridized carbons (Fsp3) is 0.167. The zero-order chi connectivity index (χ0) is 13.0. The lowest BCUT2D eigenvalue weighted by Gasteiger charge is -2.07. The summed E-state index contributed by atoms with van der Waals surface area (Å²) in [6.07, 6.45) is 0. The highest BCUT2D eigenvalue weighted by Crippen LogP contribution is 2.23. The normalized spacial score (nSPS) is 10.1. The molecule has 0 atom stereocenters. The number of amides is 1. The maximum Gasteiger partial charge on any atom is 0.264 e. The minimum absolute atomic E-state index is 0.0404. The van der Waals surface area contributed by atoms with Crippen LogP contribution in [0.15, 0.2) is 34.1 Å². The molecule has 1 aromatic carbocycles. The molecule has 0 aliphatic heterocycles. The van der Waals surface area contributed by atoms with E-state index in [0.29, 0.717) is 10.9 Å². The minimum atomic E-state index is -0.222. The van der Waals surface area contributed by atoms with Crippen molar-refractivity contribution in [3.05, 3.63) is 39.8 Å². The van der Waals surface area contributed by atoms with Crippen molar-refractivity contribution in [3.63, 3.8) is 0 Å². The maximum absolute atomic E-state index is 11.6. The van der Waals surface area contributed by atoms with Gasteiger partial charge in [-0.3, -0.25) is 10.1 Å². The van der Waals surface area contributed by atoms with Gasteiger partial charge < -0.3 is 4.74 Å². The molecular weight excluding hydrogens is 316 g/mol.